The predicted molar refractivity (Wildman–Crippen MR) is 264 cm³/mol. The van der Waals surface area contributed by atoms with E-state index in [9.17, 15) is 0 Å². The number of nitrogens with zero attached hydrogens (tertiary/aromatic N) is 4. The van der Waals surface area contributed by atoms with Gasteiger partial charge in [-0.1, -0.05) is 206 Å². The quantitative estimate of drug-likeness (QED) is 0.151. The summed E-state index contributed by atoms with van der Waals surface area (Å²) in [5.74, 6) is 1.78. The summed E-state index contributed by atoms with van der Waals surface area (Å²) < 4.78 is 0. The Balaban J connectivity index is 0.978. The van der Waals surface area contributed by atoms with Crippen LogP contribution in [0.4, 0.5) is 5.69 Å². The van der Waals surface area contributed by atoms with Crippen LogP contribution in [0.3, 0.4) is 0 Å². The van der Waals surface area contributed by atoms with Crippen molar-refractivity contribution in [2.45, 2.75) is 0 Å². The van der Waals surface area contributed by atoms with Crippen molar-refractivity contribution in [3.05, 3.63) is 230 Å². The second kappa shape index (κ2) is 15.3. The number of hydrogen-bond donors (Lipinski definition) is 0. The highest BCUT2D eigenvalue weighted by molar-refractivity contribution is 6.18. The average Bonchev–Trinajstić information content (AvgIpc) is 3.71. The fourth-order valence-electron chi connectivity index (χ4n) is 9.59. The standard InChI is InChI=1S/C60H36N4/c1-61-57-46(43-23-11-22-42(37-43)45-28-14-31-51-50-30-12-20-39-21-13-33-54(55(39)50)56(45)51)29-15-32-52(57)48-25-8-7-24-47(48)49-26-9-10-27-53(49)60-63-58(40-17-3-2-4-18-40)62-59(64-60)44-35-34-38-16-5-6-19-41(38)36-44/h2-37H. The molecule has 0 amide bonds. The molecule has 0 saturated heterocycles. The Morgan fingerprint density at radius 3 is 1.53 bits per heavy atom. The summed E-state index contributed by atoms with van der Waals surface area (Å²) in [7, 11) is 0. The lowest BCUT2D eigenvalue weighted by Gasteiger charge is -2.17. The molecule has 0 fully saturated rings. The molecule has 0 spiro atoms. The third-order valence-corrected chi connectivity index (χ3v) is 12.5. The molecule has 0 N–H and O–H groups in total. The van der Waals surface area contributed by atoms with Gasteiger partial charge in [-0.05, 0) is 100 Å². The number of benzene rings is 10. The third-order valence-electron chi connectivity index (χ3n) is 12.5. The normalized spacial score (nSPS) is 11.4. The van der Waals surface area contributed by atoms with E-state index in [0.717, 1.165) is 66.4 Å². The molecule has 296 valence electrons. The molecule has 0 radical (unpaired) electrons. The molecular weight excluding hydrogens is 777 g/mol. The van der Waals surface area contributed by atoms with Gasteiger partial charge in [0, 0.05) is 16.7 Å². The van der Waals surface area contributed by atoms with E-state index in [1.54, 1.807) is 0 Å². The van der Waals surface area contributed by atoms with Crippen LogP contribution in [-0.2, 0) is 0 Å². The zero-order chi connectivity index (χ0) is 42.6. The molecule has 1 aromatic heterocycles. The van der Waals surface area contributed by atoms with Gasteiger partial charge in [0.25, 0.3) is 0 Å². The van der Waals surface area contributed by atoms with Crippen LogP contribution in [0.2, 0.25) is 0 Å². The van der Waals surface area contributed by atoms with Crippen LogP contribution in [0.15, 0.2) is 218 Å². The van der Waals surface area contributed by atoms with Gasteiger partial charge in [0.05, 0.1) is 6.57 Å². The highest BCUT2D eigenvalue weighted by atomic mass is 15.0. The Labute approximate surface area is 371 Å². The van der Waals surface area contributed by atoms with Gasteiger partial charge < -0.3 is 0 Å². The summed E-state index contributed by atoms with van der Waals surface area (Å²) in [6.07, 6.45) is 0. The monoisotopic (exact) mass is 812 g/mol. The van der Waals surface area contributed by atoms with Gasteiger partial charge >= 0.3 is 0 Å². The van der Waals surface area contributed by atoms with Gasteiger partial charge in [-0.2, -0.15) is 0 Å². The predicted octanol–water partition coefficient (Wildman–Crippen LogP) is 16.0. The Morgan fingerprint density at radius 1 is 0.281 bits per heavy atom. The van der Waals surface area contributed by atoms with Crippen LogP contribution in [-0.4, -0.2) is 15.0 Å². The van der Waals surface area contributed by atoms with Crippen LogP contribution in [0.5, 0.6) is 0 Å². The van der Waals surface area contributed by atoms with E-state index in [4.69, 9.17) is 21.5 Å². The highest BCUT2D eigenvalue weighted by Crippen LogP contribution is 2.52. The van der Waals surface area contributed by atoms with E-state index in [-0.39, 0.29) is 0 Å². The molecule has 1 aliphatic carbocycles. The molecule has 10 aromatic carbocycles. The smallest absolute Gasteiger partial charge is 0.202 e. The maximum Gasteiger partial charge on any atom is 0.202 e. The Bertz CT molecular complexity index is 3690. The molecule has 0 atom stereocenters. The highest BCUT2D eigenvalue weighted by Gasteiger charge is 2.25. The molecule has 4 nitrogen and oxygen atoms in total. The lowest BCUT2D eigenvalue weighted by molar-refractivity contribution is 1.07. The van der Waals surface area contributed by atoms with Crippen molar-refractivity contribution in [1.29, 1.82) is 0 Å². The first-order valence-electron chi connectivity index (χ1n) is 21.5. The Kier molecular flexibility index (Phi) is 8.84. The Hall–Kier alpha value is -8.78. The van der Waals surface area contributed by atoms with Crippen molar-refractivity contribution >= 4 is 27.2 Å². The summed E-state index contributed by atoms with van der Waals surface area (Å²) >= 11 is 0. The van der Waals surface area contributed by atoms with Crippen LogP contribution < -0.4 is 0 Å². The molecule has 0 bridgehead atoms. The van der Waals surface area contributed by atoms with E-state index >= 15 is 0 Å². The molecule has 12 rings (SSSR count). The average molecular weight is 813 g/mol. The van der Waals surface area contributed by atoms with Gasteiger partial charge in [-0.25, -0.2) is 19.8 Å². The molecule has 1 aliphatic rings. The van der Waals surface area contributed by atoms with Crippen molar-refractivity contribution in [2.75, 3.05) is 0 Å². The second-order valence-corrected chi connectivity index (χ2v) is 16.2. The summed E-state index contributed by atoms with van der Waals surface area (Å²) in [5, 5.41) is 4.84. The second-order valence-electron chi connectivity index (χ2n) is 16.2. The number of fused-ring (bicyclic) bond motifs is 4. The fraction of sp³-hybridized carbons (Fsp3) is 0. The molecule has 0 unspecified atom stereocenters. The first-order chi connectivity index (χ1) is 31.7. The van der Waals surface area contributed by atoms with Crippen LogP contribution in [0.1, 0.15) is 0 Å². The van der Waals surface area contributed by atoms with E-state index in [2.05, 4.69) is 181 Å². The molecule has 0 aliphatic heterocycles. The molecule has 64 heavy (non-hydrogen) atoms. The Morgan fingerprint density at radius 2 is 0.766 bits per heavy atom. The number of rotatable bonds is 7. The minimum absolute atomic E-state index is 0.574. The first-order valence-corrected chi connectivity index (χ1v) is 21.5. The molecule has 1 heterocycles. The maximum absolute atomic E-state index is 8.69. The number of aromatic nitrogens is 3. The van der Waals surface area contributed by atoms with Crippen LogP contribution >= 0.6 is 0 Å². The van der Waals surface area contributed by atoms with Crippen molar-refractivity contribution < 1.29 is 0 Å². The zero-order valence-electron chi connectivity index (χ0n) is 34.6. The zero-order valence-corrected chi connectivity index (χ0v) is 34.6. The van der Waals surface area contributed by atoms with Gasteiger partial charge in [0.15, 0.2) is 17.5 Å². The SMILES string of the molecule is [C-]#[N+]c1c(-c2cccc(-c3cccc4c3-c3cccc5cccc-4c35)c2)cccc1-c1ccccc1-c1ccccc1-c1nc(-c2ccccc2)nc(-c2ccc3ccccc3c2)n1. The fourth-order valence-corrected chi connectivity index (χ4v) is 9.59. The lowest BCUT2D eigenvalue weighted by Crippen LogP contribution is -2.01. The van der Waals surface area contributed by atoms with Crippen molar-refractivity contribution in [3.63, 3.8) is 0 Å². The number of hydrogen-bond acceptors (Lipinski definition) is 3. The van der Waals surface area contributed by atoms with Gasteiger partial charge in [0.1, 0.15) is 0 Å². The molecule has 0 saturated carbocycles. The van der Waals surface area contributed by atoms with E-state index in [0.29, 0.717) is 23.2 Å². The minimum Gasteiger partial charge on any atom is -0.237 e. The molecular formula is C60H36N4. The van der Waals surface area contributed by atoms with Crippen molar-refractivity contribution in [3.8, 4) is 101 Å². The topological polar surface area (TPSA) is 43.0 Å². The van der Waals surface area contributed by atoms with Crippen molar-refractivity contribution in [1.82, 2.24) is 15.0 Å². The minimum atomic E-state index is 0.574. The summed E-state index contributed by atoms with van der Waals surface area (Å²) in [5.41, 5.74) is 16.3. The number of para-hydroxylation sites is 1. The molecule has 11 aromatic rings. The third kappa shape index (κ3) is 6.18. The van der Waals surface area contributed by atoms with Crippen LogP contribution in [0.25, 0.3) is 127 Å². The van der Waals surface area contributed by atoms with E-state index < -0.39 is 0 Å². The van der Waals surface area contributed by atoms with Gasteiger partial charge in [-0.15, -0.1) is 0 Å². The van der Waals surface area contributed by atoms with E-state index in [1.807, 2.05) is 42.5 Å². The lowest BCUT2D eigenvalue weighted by atomic mass is 9.88. The summed E-state index contributed by atoms with van der Waals surface area (Å²) in [6, 6.07) is 76.1. The van der Waals surface area contributed by atoms with Crippen molar-refractivity contribution in [2.24, 2.45) is 0 Å². The first kappa shape index (κ1) is 37.0. The van der Waals surface area contributed by atoms with Gasteiger partial charge in [-0.3, -0.25) is 0 Å². The van der Waals surface area contributed by atoms with E-state index in [1.165, 1.54) is 38.6 Å². The molecule has 4 heteroatoms. The largest absolute Gasteiger partial charge is 0.237 e. The summed E-state index contributed by atoms with van der Waals surface area (Å²) in [4.78, 5) is 19.7. The van der Waals surface area contributed by atoms with Crippen LogP contribution in [0, 0.1) is 6.57 Å². The summed E-state index contributed by atoms with van der Waals surface area (Å²) in [6.45, 7) is 8.69. The maximum atomic E-state index is 8.69. The van der Waals surface area contributed by atoms with Gasteiger partial charge in [0.2, 0.25) is 5.69 Å².